The Morgan fingerprint density at radius 3 is 2.58 bits per heavy atom. The first-order valence-corrected chi connectivity index (χ1v) is 11.5. The standard InChI is InChI=1S/C24H25F4N7O/c1-13-3-4-17-20(19(13)25)32-10-15(9-29)21(17)33-6-5-16(14(2)11-33)22(36)34-7-8-35(18(30)12-34)23(31)24(26,27)28/h3-4,10,14,16,30-31H,5-8,11-12H2,1-2H3. The van der Waals surface area contributed by atoms with Gasteiger partial charge in [0.1, 0.15) is 17.4 Å². The monoisotopic (exact) mass is 503 g/mol. The number of amides is 1. The number of hydrogen-bond donors (Lipinski definition) is 2. The smallest absolute Gasteiger partial charge is 0.370 e. The van der Waals surface area contributed by atoms with Gasteiger partial charge < -0.3 is 14.7 Å². The highest BCUT2D eigenvalue weighted by molar-refractivity contribution is 6.03. The van der Waals surface area contributed by atoms with Crippen molar-refractivity contribution in [2.75, 3.05) is 37.6 Å². The summed E-state index contributed by atoms with van der Waals surface area (Å²) in [6, 6.07) is 5.50. The number of hydrogen-bond acceptors (Lipinski definition) is 6. The number of rotatable bonds is 2. The Labute approximate surface area is 205 Å². The van der Waals surface area contributed by atoms with Crippen molar-refractivity contribution in [3.05, 3.63) is 35.3 Å². The number of piperidine rings is 1. The summed E-state index contributed by atoms with van der Waals surface area (Å²) >= 11 is 0. The van der Waals surface area contributed by atoms with Crippen molar-refractivity contribution in [2.24, 2.45) is 11.8 Å². The molecule has 2 aromatic rings. The van der Waals surface area contributed by atoms with Crippen LogP contribution in [0, 0.1) is 46.7 Å². The minimum absolute atomic E-state index is 0.0151. The second kappa shape index (κ2) is 9.37. The largest absolute Gasteiger partial charge is 0.449 e. The summed E-state index contributed by atoms with van der Waals surface area (Å²) in [6.07, 6.45) is -3.08. The van der Waals surface area contributed by atoms with E-state index in [9.17, 15) is 27.6 Å². The van der Waals surface area contributed by atoms with Crippen molar-refractivity contribution in [1.82, 2.24) is 14.8 Å². The van der Waals surface area contributed by atoms with Crippen LogP contribution >= 0.6 is 0 Å². The van der Waals surface area contributed by atoms with E-state index in [1.54, 1.807) is 19.1 Å². The molecule has 2 aliphatic heterocycles. The molecule has 2 aliphatic rings. The molecule has 2 atom stereocenters. The Kier molecular flexibility index (Phi) is 6.60. The summed E-state index contributed by atoms with van der Waals surface area (Å²) in [5, 5.41) is 25.4. The van der Waals surface area contributed by atoms with E-state index in [1.165, 1.54) is 11.1 Å². The highest BCUT2D eigenvalue weighted by atomic mass is 19.4. The minimum Gasteiger partial charge on any atom is -0.370 e. The van der Waals surface area contributed by atoms with Crippen LogP contribution in [0.3, 0.4) is 0 Å². The number of aromatic nitrogens is 1. The molecule has 0 aliphatic carbocycles. The molecule has 0 bridgehead atoms. The third-order valence-corrected chi connectivity index (χ3v) is 6.91. The zero-order valence-electron chi connectivity index (χ0n) is 19.8. The molecular weight excluding hydrogens is 478 g/mol. The zero-order chi connectivity index (χ0) is 26.4. The molecule has 1 aromatic heterocycles. The molecule has 2 saturated heterocycles. The lowest BCUT2D eigenvalue weighted by Gasteiger charge is -2.42. The van der Waals surface area contributed by atoms with Gasteiger partial charge in [-0.25, -0.2) is 4.39 Å². The maximum absolute atomic E-state index is 14.7. The molecular formula is C24H25F4N7O. The van der Waals surface area contributed by atoms with Crippen molar-refractivity contribution >= 4 is 34.2 Å². The number of alkyl halides is 3. The lowest BCUT2D eigenvalue weighted by Crippen LogP contribution is -2.58. The second-order valence-corrected chi connectivity index (χ2v) is 9.25. The number of nitriles is 1. The van der Waals surface area contributed by atoms with Crippen LogP contribution in [-0.2, 0) is 4.79 Å². The van der Waals surface area contributed by atoms with E-state index in [0.717, 1.165) is 0 Å². The number of halogens is 4. The van der Waals surface area contributed by atoms with Crippen molar-refractivity contribution in [3.63, 3.8) is 0 Å². The van der Waals surface area contributed by atoms with Gasteiger partial charge >= 0.3 is 6.18 Å². The van der Waals surface area contributed by atoms with Crippen molar-refractivity contribution < 1.29 is 22.4 Å². The van der Waals surface area contributed by atoms with Crippen molar-refractivity contribution in [3.8, 4) is 6.07 Å². The van der Waals surface area contributed by atoms with Gasteiger partial charge in [0.25, 0.3) is 0 Å². The number of nitrogens with one attached hydrogen (secondary N) is 2. The van der Waals surface area contributed by atoms with E-state index < -0.39 is 29.6 Å². The molecule has 190 valence electrons. The molecule has 3 heterocycles. The number of piperazine rings is 1. The number of carbonyl (C=O) groups excluding carboxylic acids is 1. The van der Waals surface area contributed by atoms with Crippen LogP contribution < -0.4 is 4.90 Å². The van der Waals surface area contributed by atoms with Gasteiger partial charge in [-0.1, -0.05) is 19.1 Å². The molecule has 2 N–H and O–H groups in total. The van der Waals surface area contributed by atoms with Gasteiger partial charge in [-0.15, -0.1) is 0 Å². The Morgan fingerprint density at radius 1 is 1.25 bits per heavy atom. The predicted molar refractivity (Wildman–Crippen MR) is 125 cm³/mol. The van der Waals surface area contributed by atoms with Crippen LogP contribution in [0.4, 0.5) is 23.2 Å². The SMILES string of the molecule is Cc1ccc2c(N3CCC(C(=O)N4CCN(C(=N)C(F)(F)F)C(=N)C4)C(C)C3)c(C#N)cnc2c1F. The summed E-state index contributed by atoms with van der Waals surface area (Å²) in [5.41, 5.74) is 1.50. The van der Waals surface area contributed by atoms with Crippen LogP contribution in [0.15, 0.2) is 18.3 Å². The lowest BCUT2D eigenvalue weighted by atomic mass is 9.85. The summed E-state index contributed by atoms with van der Waals surface area (Å²) in [5.74, 6) is -3.33. The quantitative estimate of drug-likeness (QED) is 0.369. The first kappa shape index (κ1) is 25.3. The molecule has 12 heteroatoms. The van der Waals surface area contributed by atoms with Gasteiger partial charge in [0.2, 0.25) is 11.7 Å². The molecule has 1 amide bonds. The Balaban J connectivity index is 1.50. The van der Waals surface area contributed by atoms with E-state index in [4.69, 9.17) is 10.8 Å². The first-order valence-electron chi connectivity index (χ1n) is 11.5. The average Bonchev–Trinajstić information content (AvgIpc) is 2.84. The Morgan fingerprint density at radius 2 is 1.97 bits per heavy atom. The summed E-state index contributed by atoms with van der Waals surface area (Å²) in [7, 11) is 0. The maximum atomic E-state index is 14.7. The number of amidine groups is 2. The van der Waals surface area contributed by atoms with Gasteiger partial charge in [-0.2, -0.15) is 18.4 Å². The van der Waals surface area contributed by atoms with Crippen molar-refractivity contribution in [1.29, 1.82) is 16.1 Å². The molecule has 1 aromatic carbocycles. The normalized spacial score (nSPS) is 21.0. The fraction of sp³-hybridized carbons (Fsp3) is 0.458. The van der Waals surface area contributed by atoms with Gasteiger partial charge in [-0.05, 0) is 24.8 Å². The van der Waals surface area contributed by atoms with E-state index in [1.807, 2.05) is 11.8 Å². The van der Waals surface area contributed by atoms with Crippen LogP contribution in [0.1, 0.15) is 24.5 Å². The number of carbonyl (C=O) groups is 1. The zero-order valence-corrected chi connectivity index (χ0v) is 19.8. The topological polar surface area (TPSA) is 111 Å². The summed E-state index contributed by atoms with van der Waals surface area (Å²) in [6.45, 7) is 3.77. The summed E-state index contributed by atoms with van der Waals surface area (Å²) < 4.78 is 53.3. The molecule has 36 heavy (non-hydrogen) atoms. The molecule has 0 saturated carbocycles. The van der Waals surface area contributed by atoms with Crippen LogP contribution in [0.5, 0.6) is 0 Å². The fourth-order valence-electron chi connectivity index (χ4n) is 4.98. The van der Waals surface area contributed by atoms with Crippen molar-refractivity contribution in [2.45, 2.75) is 26.4 Å². The van der Waals surface area contributed by atoms with E-state index in [0.29, 0.717) is 46.6 Å². The number of pyridine rings is 1. The molecule has 2 unspecified atom stereocenters. The van der Waals surface area contributed by atoms with Gasteiger partial charge in [0, 0.05) is 43.7 Å². The lowest BCUT2D eigenvalue weighted by molar-refractivity contribution is -0.137. The third-order valence-electron chi connectivity index (χ3n) is 6.91. The van der Waals surface area contributed by atoms with E-state index in [2.05, 4.69) is 11.1 Å². The number of aryl methyl sites for hydroxylation is 1. The fourth-order valence-corrected chi connectivity index (χ4v) is 4.98. The predicted octanol–water partition coefficient (Wildman–Crippen LogP) is 3.68. The number of nitrogens with zero attached hydrogens (tertiary/aromatic N) is 5. The number of benzene rings is 1. The second-order valence-electron chi connectivity index (χ2n) is 9.25. The summed E-state index contributed by atoms with van der Waals surface area (Å²) in [4.78, 5) is 21.3. The Hall–Kier alpha value is -3.75. The van der Waals surface area contributed by atoms with Gasteiger partial charge in [-0.3, -0.25) is 20.6 Å². The third kappa shape index (κ3) is 4.45. The molecule has 0 spiro atoms. The minimum atomic E-state index is -4.86. The molecule has 2 fully saturated rings. The highest BCUT2D eigenvalue weighted by Crippen LogP contribution is 2.36. The average molecular weight is 504 g/mol. The molecule has 4 rings (SSSR count). The number of fused-ring (bicyclic) bond motifs is 1. The van der Waals surface area contributed by atoms with Gasteiger partial charge in [0.15, 0.2) is 5.82 Å². The highest BCUT2D eigenvalue weighted by Gasteiger charge is 2.43. The van der Waals surface area contributed by atoms with E-state index in [-0.39, 0.29) is 37.0 Å². The van der Waals surface area contributed by atoms with Gasteiger partial charge in [0.05, 0.1) is 17.8 Å². The van der Waals surface area contributed by atoms with Crippen LogP contribution in [0.25, 0.3) is 10.9 Å². The van der Waals surface area contributed by atoms with Crippen LogP contribution in [0.2, 0.25) is 0 Å². The van der Waals surface area contributed by atoms with Crippen LogP contribution in [-0.4, -0.2) is 71.3 Å². The number of anilines is 1. The van der Waals surface area contributed by atoms with E-state index >= 15 is 0 Å². The molecule has 8 nitrogen and oxygen atoms in total. The Bertz CT molecular complexity index is 1290. The molecule has 0 radical (unpaired) electrons. The first-order chi connectivity index (χ1) is 16.9. The maximum Gasteiger partial charge on any atom is 0.449 e.